The summed E-state index contributed by atoms with van der Waals surface area (Å²) in [5, 5.41) is 0. The Labute approximate surface area is 80.4 Å². The monoisotopic (exact) mass is 210 g/mol. The van der Waals surface area contributed by atoms with Crippen LogP contribution in [0.3, 0.4) is 0 Å². The van der Waals surface area contributed by atoms with Crippen molar-refractivity contribution in [3.8, 4) is 0 Å². The van der Waals surface area contributed by atoms with Crippen molar-refractivity contribution in [1.29, 1.82) is 0 Å². The SMILES string of the molecule is CC1CCC(=O)CC1OCC(F)(F)F. The van der Waals surface area contributed by atoms with E-state index in [0.717, 1.165) is 0 Å². The molecule has 1 aliphatic rings. The average Bonchev–Trinajstić information content (AvgIpc) is 2.05. The molecule has 0 spiro atoms. The summed E-state index contributed by atoms with van der Waals surface area (Å²) in [6, 6.07) is 0. The highest BCUT2D eigenvalue weighted by molar-refractivity contribution is 5.79. The quantitative estimate of drug-likeness (QED) is 0.699. The minimum atomic E-state index is -4.31. The molecule has 0 bridgehead atoms. The van der Waals surface area contributed by atoms with Gasteiger partial charge in [-0.2, -0.15) is 13.2 Å². The molecule has 1 aliphatic carbocycles. The second-order valence-corrected chi connectivity index (χ2v) is 3.72. The number of carbonyl (C=O) groups excluding carboxylic acids is 1. The Morgan fingerprint density at radius 2 is 2.14 bits per heavy atom. The highest BCUT2D eigenvalue weighted by Gasteiger charge is 2.33. The lowest BCUT2D eigenvalue weighted by atomic mass is 9.87. The third-order valence-electron chi connectivity index (χ3n) is 2.40. The summed E-state index contributed by atoms with van der Waals surface area (Å²) in [5.41, 5.74) is 0. The van der Waals surface area contributed by atoms with Crippen LogP contribution in [-0.2, 0) is 9.53 Å². The van der Waals surface area contributed by atoms with E-state index < -0.39 is 18.9 Å². The van der Waals surface area contributed by atoms with Gasteiger partial charge in [-0.05, 0) is 12.3 Å². The van der Waals surface area contributed by atoms with Gasteiger partial charge in [-0.25, -0.2) is 0 Å². The molecule has 0 radical (unpaired) electrons. The second-order valence-electron chi connectivity index (χ2n) is 3.72. The minimum absolute atomic E-state index is 0.00438. The lowest BCUT2D eigenvalue weighted by molar-refractivity contribution is -0.193. The van der Waals surface area contributed by atoms with Gasteiger partial charge in [-0.15, -0.1) is 0 Å². The molecule has 1 fully saturated rings. The molecule has 14 heavy (non-hydrogen) atoms. The first-order chi connectivity index (χ1) is 6.38. The van der Waals surface area contributed by atoms with Crippen molar-refractivity contribution in [3.05, 3.63) is 0 Å². The Hall–Kier alpha value is -0.580. The van der Waals surface area contributed by atoms with E-state index in [0.29, 0.717) is 12.8 Å². The molecule has 2 nitrogen and oxygen atoms in total. The minimum Gasteiger partial charge on any atom is -0.368 e. The van der Waals surface area contributed by atoms with Gasteiger partial charge in [0.1, 0.15) is 12.4 Å². The molecule has 2 unspecified atom stereocenters. The standard InChI is InChI=1S/C9H13F3O2/c1-6-2-3-7(13)4-8(6)14-5-9(10,11)12/h6,8H,2-5H2,1H3. The second kappa shape index (κ2) is 4.29. The van der Waals surface area contributed by atoms with Gasteiger partial charge in [-0.1, -0.05) is 6.92 Å². The lowest BCUT2D eigenvalue weighted by Gasteiger charge is -2.28. The number of ketones is 1. The van der Waals surface area contributed by atoms with Crippen molar-refractivity contribution >= 4 is 5.78 Å². The Kier molecular flexibility index (Phi) is 3.53. The fraction of sp³-hybridized carbons (Fsp3) is 0.889. The first-order valence-electron chi connectivity index (χ1n) is 4.58. The lowest BCUT2D eigenvalue weighted by Crippen LogP contribution is -2.33. The molecule has 0 aromatic carbocycles. The van der Waals surface area contributed by atoms with Crippen molar-refractivity contribution in [2.75, 3.05) is 6.61 Å². The van der Waals surface area contributed by atoms with Crippen molar-refractivity contribution < 1.29 is 22.7 Å². The van der Waals surface area contributed by atoms with Gasteiger partial charge in [0.25, 0.3) is 0 Å². The number of alkyl halides is 3. The molecule has 0 aliphatic heterocycles. The number of ether oxygens (including phenoxy) is 1. The Morgan fingerprint density at radius 3 is 2.71 bits per heavy atom. The summed E-state index contributed by atoms with van der Waals surface area (Å²) in [6.45, 7) is 0.558. The van der Waals surface area contributed by atoms with Crippen LogP contribution in [0.2, 0.25) is 0 Å². The number of Topliss-reactive ketones (excluding diaryl/α,β-unsaturated/α-hetero) is 1. The summed E-state index contributed by atoms with van der Waals surface area (Å²) in [5.74, 6) is 0.0327. The van der Waals surface area contributed by atoms with Crippen LogP contribution in [0.5, 0.6) is 0 Å². The summed E-state index contributed by atoms with van der Waals surface area (Å²) in [7, 11) is 0. The third kappa shape index (κ3) is 3.65. The maximum Gasteiger partial charge on any atom is 0.411 e. The van der Waals surface area contributed by atoms with Gasteiger partial charge < -0.3 is 4.74 Å². The van der Waals surface area contributed by atoms with Crippen LogP contribution >= 0.6 is 0 Å². The fourth-order valence-corrected chi connectivity index (χ4v) is 1.53. The fourth-order valence-electron chi connectivity index (χ4n) is 1.53. The van der Waals surface area contributed by atoms with Crippen molar-refractivity contribution in [3.63, 3.8) is 0 Å². The highest BCUT2D eigenvalue weighted by Crippen LogP contribution is 2.26. The zero-order valence-corrected chi connectivity index (χ0v) is 7.93. The highest BCUT2D eigenvalue weighted by atomic mass is 19.4. The molecule has 5 heteroatoms. The molecule has 1 saturated carbocycles. The van der Waals surface area contributed by atoms with E-state index in [1.165, 1.54) is 0 Å². The van der Waals surface area contributed by atoms with Crippen LogP contribution in [0.25, 0.3) is 0 Å². The van der Waals surface area contributed by atoms with Crippen LogP contribution in [0, 0.1) is 5.92 Å². The molecule has 82 valence electrons. The van der Waals surface area contributed by atoms with Crippen molar-refractivity contribution in [2.45, 2.75) is 38.5 Å². The number of halogens is 3. The van der Waals surface area contributed by atoms with Gasteiger partial charge in [-0.3, -0.25) is 4.79 Å². The van der Waals surface area contributed by atoms with Gasteiger partial charge in [0, 0.05) is 12.8 Å². The van der Waals surface area contributed by atoms with E-state index in [1.54, 1.807) is 0 Å². The molecule has 0 aromatic heterocycles. The molecule has 0 saturated heterocycles. The van der Waals surface area contributed by atoms with Crippen molar-refractivity contribution in [2.24, 2.45) is 5.92 Å². The smallest absolute Gasteiger partial charge is 0.368 e. The molecular formula is C9H13F3O2. The van der Waals surface area contributed by atoms with Crippen molar-refractivity contribution in [1.82, 2.24) is 0 Å². The first-order valence-corrected chi connectivity index (χ1v) is 4.58. The predicted molar refractivity (Wildman–Crippen MR) is 43.8 cm³/mol. The number of rotatable bonds is 2. The van der Waals surface area contributed by atoms with Crippen LogP contribution in [0.15, 0.2) is 0 Å². The van der Waals surface area contributed by atoms with E-state index in [2.05, 4.69) is 4.74 Å². The van der Waals surface area contributed by atoms with E-state index in [1.807, 2.05) is 6.92 Å². The van der Waals surface area contributed by atoms with Gasteiger partial charge in [0.05, 0.1) is 6.10 Å². The molecule has 0 heterocycles. The molecule has 2 atom stereocenters. The molecule has 1 rings (SSSR count). The van der Waals surface area contributed by atoms with E-state index >= 15 is 0 Å². The normalized spacial score (nSPS) is 29.3. The zero-order valence-electron chi connectivity index (χ0n) is 7.93. The number of hydrogen-bond donors (Lipinski definition) is 0. The van der Waals surface area contributed by atoms with Gasteiger partial charge >= 0.3 is 6.18 Å². The Balaban J connectivity index is 2.38. The maximum absolute atomic E-state index is 11.8. The molecular weight excluding hydrogens is 197 g/mol. The first kappa shape index (κ1) is 11.5. The van der Waals surface area contributed by atoms with Crippen LogP contribution in [-0.4, -0.2) is 24.7 Å². The van der Waals surface area contributed by atoms with Crippen LogP contribution in [0.1, 0.15) is 26.2 Å². The van der Waals surface area contributed by atoms with E-state index in [-0.39, 0.29) is 18.1 Å². The van der Waals surface area contributed by atoms with Crippen LogP contribution in [0.4, 0.5) is 13.2 Å². The van der Waals surface area contributed by atoms with E-state index in [4.69, 9.17) is 0 Å². The summed E-state index contributed by atoms with van der Waals surface area (Å²) in [4.78, 5) is 11.0. The molecule has 0 amide bonds. The van der Waals surface area contributed by atoms with Gasteiger partial charge in [0.15, 0.2) is 0 Å². The largest absolute Gasteiger partial charge is 0.411 e. The average molecular weight is 210 g/mol. The maximum atomic E-state index is 11.8. The molecule has 0 aromatic rings. The van der Waals surface area contributed by atoms with E-state index in [9.17, 15) is 18.0 Å². The van der Waals surface area contributed by atoms with Gasteiger partial charge in [0.2, 0.25) is 0 Å². The number of carbonyl (C=O) groups is 1. The summed E-state index contributed by atoms with van der Waals surface area (Å²) in [6.07, 6.45) is -3.65. The predicted octanol–water partition coefficient (Wildman–Crippen LogP) is 2.32. The van der Waals surface area contributed by atoms with Crippen LogP contribution < -0.4 is 0 Å². The summed E-state index contributed by atoms with van der Waals surface area (Å²) >= 11 is 0. The Bertz CT molecular complexity index is 213. The summed E-state index contributed by atoms with van der Waals surface area (Å²) < 4.78 is 40.2. The third-order valence-corrected chi connectivity index (χ3v) is 2.40. The topological polar surface area (TPSA) is 26.3 Å². The Morgan fingerprint density at radius 1 is 1.50 bits per heavy atom. The zero-order chi connectivity index (χ0) is 10.8. The molecule has 0 N–H and O–H groups in total. The number of hydrogen-bond acceptors (Lipinski definition) is 2.